The van der Waals surface area contributed by atoms with Crippen LogP contribution in [0.15, 0.2) is 53.9 Å². The summed E-state index contributed by atoms with van der Waals surface area (Å²) in [7, 11) is 0. The predicted octanol–water partition coefficient (Wildman–Crippen LogP) is 6.29. The van der Waals surface area contributed by atoms with Gasteiger partial charge < -0.3 is 10.6 Å². The molecule has 0 aliphatic carbocycles. The fourth-order valence-electron chi connectivity index (χ4n) is 3.51. The standard InChI is InChI=1S/C24H24N4OS2/c1-14-13-15(2)26-24(25-14)27-21(19-11-8-12-30-19)20-16(3)17(4)31-23(20)28-22(29)18-9-6-5-7-10-18/h5-13,21H,1-4H3,(H,28,29)(H,25,26,27)/t21-/m0/s1. The Bertz CT molecular complexity index is 1180. The number of nitrogens with one attached hydrogen (secondary N) is 2. The third-order valence-corrected chi connectivity index (χ3v) is 7.14. The number of hydrogen-bond acceptors (Lipinski definition) is 6. The van der Waals surface area contributed by atoms with Gasteiger partial charge in [0.25, 0.3) is 5.91 Å². The number of hydrogen-bond donors (Lipinski definition) is 2. The van der Waals surface area contributed by atoms with Crippen molar-refractivity contribution in [2.24, 2.45) is 0 Å². The summed E-state index contributed by atoms with van der Waals surface area (Å²) in [6, 6.07) is 15.2. The van der Waals surface area contributed by atoms with Crippen molar-refractivity contribution in [3.63, 3.8) is 0 Å². The van der Waals surface area contributed by atoms with Crippen LogP contribution >= 0.6 is 22.7 Å². The average Bonchev–Trinajstić information content (AvgIpc) is 3.36. The van der Waals surface area contributed by atoms with Crippen LogP contribution in [0.25, 0.3) is 0 Å². The molecule has 0 unspecified atom stereocenters. The first-order valence-corrected chi connectivity index (χ1v) is 11.7. The SMILES string of the molecule is Cc1cc(C)nc(N[C@@H](c2cccs2)c2c(NC(=O)c3ccccc3)sc(C)c2C)n1. The van der Waals surface area contributed by atoms with Gasteiger partial charge in [0.2, 0.25) is 5.95 Å². The van der Waals surface area contributed by atoms with E-state index in [2.05, 4.69) is 45.9 Å². The maximum absolute atomic E-state index is 12.9. The Morgan fingerprint density at radius 1 is 0.968 bits per heavy atom. The fourth-order valence-corrected chi connectivity index (χ4v) is 5.39. The van der Waals surface area contributed by atoms with Gasteiger partial charge in [-0.25, -0.2) is 9.97 Å². The maximum atomic E-state index is 12.9. The van der Waals surface area contributed by atoms with Crippen LogP contribution < -0.4 is 10.6 Å². The molecule has 158 valence electrons. The number of amides is 1. The van der Waals surface area contributed by atoms with Crippen LogP contribution in [-0.4, -0.2) is 15.9 Å². The molecule has 2 N–H and O–H groups in total. The first-order chi connectivity index (χ1) is 14.9. The van der Waals surface area contributed by atoms with Crippen LogP contribution in [0.4, 0.5) is 10.9 Å². The lowest BCUT2D eigenvalue weighted by Crippen LogP contribution is -2.18. The minimum Gasteiger partial charge on any atom is -0.342 e. The topological polar surface area (TPSA) is 66.9 Å². The highest BCUT2D eigenvalue weighted by Gasteiger charge is 2.26. The van der Waals surface area contributed by atoms with Gasteiger partial charge >= 0.3 is 0 Å². The minimum absolute atomic E-state index is 0.115. The first kappa shape index (κ1) is 21.2. The lowest BCUT2D eigenvalue weighted by Gasteiger charge is -2.20. The van der Waals surface area contributed by atoms with Crippen molar-refractivity contribution >= 4 is 39.5 Å². The molecule has 0 spiro atoms. The highest BCUT2D eigenvalue weighted by Crippen LogP contribution is 2.42. The van der Waals surface area contributed by atoms with Gasteiger partial charge in [-0.3, -0.25) is 4.79 Å². The van der Waals surface area contributed by atoms with Crippen LogP contribution in [0.2, 0.25) is 0 Å². The molecule has 3 heterocycles. The molecular weight excluding hydrogens is 424 g/mol. The van der Waals surface area contributed by atoms with E-state index in [4.69, 9.17) is 0 Å². The monoisotopic (exact) mass is 448 g/mol. The summed E-state index contributed by atoms with van der Waals surface area (Å²) in [5.41, 5.74) is 4.67. The highest BCUT2D eigenvalue weighted by molar-refractivity contribution is 7.16. The molecule has 0 saturated carbocycles. The Morgan fingerprint density at radius 2 is 1.68 bits per heavy atom. The number of aromatic nitrogens is 2. The number of carbonyl (C=O) groups is 1. The van der Waals surface area contributed by atoms with E-state index in [0.717, 1.165) is 32.4 Å². The van der Waals surface area contributed by atoms with Gasteiger partial charge in [-0.15, -0.1) is 22.7 Å². The molecule has 0 aliphatic rings. The molecule has 1 aromatic carbocycles. The molecule has 4 aromatic rings. The molecule has 1 amide bonds. The van der Waals surface area contributed by atoms with Crippen molar-refractivity contribution in [3.05, 3.63) is 91.7 Å². The van der Waals surface area contributed by atoms with E-state index in [9.17, 15) is 4.79 Å². The van der Waals surface area contributed by atoms with Gasteiger partial charge in [0.05, 0.1) is 6.04 Å². The predicted molar refractivity (Wildman–Crippen MR) is 129 cm³/mol. The van der Waals surface area contributed by atoms with E-state index in [1.807, 2.05) is 56.3 Å². The van der Waals surface area contributed by atoms with Gasteiger partial charge in [0.15, 0.2) is 0 Å². The Kier molecular flexibility index (Phi) is 6.15. The second-order valence-electron chi connectivity index (χ2n) is 7.41. The Morgan fingerprint density at radius 3 is 2.32 bits per heavy atom. The Labute approximate surface area is 190 Å². The molecule has 0 fully saturated rings. The zero-order valence-electron chi connectivity index (χ0n) is 17.9. The van der Waals surface area contributed by atoms with Gasteiger partial charge in [-0.1, -0.05) is 24.3 Å². The lowest BCUT2D eigenvalue weighted by atomic mass is 10.0. The third kappa shape index (κ3) is 4.68. The quantitative estimate of drug-likeness (QED) is 0.364. The van der Waals surface area contributed by atoms with E-state index in [0.29, 0.717) is 11.5 Å². The summed E-state index contributed by atoms with van der Waals surface area (Å²) in [5, 5.41) is 9.58. The van der Waals surface area contributed by atoms with E-state index < -0.39 is 0 Å². The van der Waals surface area contributed by atoms with Crippen molar-refractivity contribution in [2.75, 3.05) is 10.6 Å². The molecule has 3 aromatic heterocycles. The van der Waals surface area contributed by atoms with Crippen LogP contribution in [0.1, 0.15) is 48.7 Å². The molecule has 5 nitrogen and oxygen atoms in total. The third-order valence-electron chi connectivity index (χ3n) is 5.07. The van der Waals surface area contributed by atoms with Crippen LogP contribution in [-0.2, 0) is 0 Å². The van der Waals surface area contributed by atoms with E-state index in [1.165, 1.54) is 4.88 Å². The molecule has 0 radical (unpaired) electrons. The average molecular weight is 449 g/mol. The summed E-state index contributed by atoms with van der Waals surface area (Å²) in [4.78, 5) is 24.4. The lowest BCUT2D eigenvalue weighted by molar-refractivity contribution is 0.102. The Balaban J connectivity index is 1.75. The summed E-state index contributed by atoms with van der Waals surface area (Å²) in [6.07, 6.45) is 0. The second kappa shape index (κ2) is 8.99. The molecule has 0 saturated heterocycles. The van der Waals surface area contributed by atoms with Crippen LogP contribution in [0.5, 0.6) is 0 Å². The van der Waals surface area contributed by atoms with Gasteiger partial charge in [0, 0.05) is 32.3 Å². The highest BCUT2D eigenvalue weighted by atomic mass is 32.1. The number of aryl methyl sites for hydroxylation is 3. The zero-order chi connectivity index (χ0) is 22.0. The first-order valence-electron chi connectivity index (χ1n) is 10.0. The molecule has 0 aliphatic heterocycles. The second-order valence-corrected chi connectivity index (χ2v) is 9.62. The summed E-state index contributed by atoms with van der Waals surface area (Å²) in [6.45, 7) is 8.11. The van der Waals surface area contributed by atoms with Gasteiger partial charge in [-0.2, -0.15) is 0 Å². The number of benzene rings is 1. The zero-order valence-corrected chi connectivity index (χ0v) is 19.5. The molecular formula is C24H24N4OS2. The summed E-state index contributed by atoms with van der Waals surface area (Å²) < 4.78 is 0. The smallest absolute Gasteiger partial charge is 0.256 e. The normalized spacial score (nSPS) is 11.9. The number of thiophene rings is 2. The van der Waals surface area contributed by atoms with Crippen molar-refractivity contribution < 1.29 is 4.79 Å². The van der Waals surface area contributed by atoms with E-state index in [1.54, 1.807) is 22.7 Å². The van der Waals surface area contributed by atoms with Crippen molar-refractivity contribution in [1.82, 2.24) is 9.97 Å². The number of rotatable bonds is 6. The Hall–Kier alpha value is -3.03. The minimum atomic E-state index is -0.169. The number of nitrogens with zero attached hydrogens (tertiary/aromatic N) is 2. The molecule has 31 heavy (non-hydrogen) atoms. The molecule has 4 rings (SSSR count). The maximum Gasteiger partial charge on any atom is 0.256 e. The summed E-state index contributed by atoms with van der Waals surface area (Å²) >= 11 is 3.27. The molecule has 0 bridgehead atoms. The van der Waals surface area contributed by atoms with Crippen molar-refractivity contribution in [3.8, 4) is 0 Å². The van der Waals surface area contributed by atoms with E-state index in [-0.39, 0.29) is 11.9 Å². The van der Waals surface area contributed by atoms with E-state index >= 15 is 0 Å². The molecule has 7 heteroatoms. The van der Waals surface area contributed by atoms with Crippen LogP contribution in [0.3, 0.4) is 0 Å². The largest absolute Gasteiger partial charge is 0.342 e. The van der Waals surface area contributed by atoms with Crippen molar-refractivity contribution in [1.29, 1.82) is 0 Å². The fraction of sp³-hybridized carbons (Fsp3) is 0.208. The molecule has 1 atom stereocenters. The van der Waals surface area contributed by atoms with Crippen molar-refractivity contribution in [2.45, 2.75) is 33.7 Å². The number of carbonyl (C=O) groups excluding carboxylic acids is 1. The summed E-state index contributed by atoms with van der Waals surface area (Å²) in [5.74, 6) is 0.468. The van der Waals surface area contributed by atoms with Gasteiger partial charge in [0.1, 0.15) is 5.00 Å². The number of anilines is 2. The van der Waals surface area contributed by atoms with Crippen LogP contribution in [0, 0.1) is 27.7 Å². The van der Waals surface area contributed by atoms with Gasteiger partial charge in [-0.05, 0) is 62.9 Å².